The fraction of sp³-hybridized carbons (Fsp3) is 0. The molecule has 0 fully saturated rings. The minimum absolute atomic E-state index is 0.128. The van der Waals surface area contributed by atoms with E-state index in [4.69, 9.17) is 5.73 Å². The topological polar surface area (TPSA) is 26.0 Å². The Morgan fingerprint density at radius 1 is 0.615 bits per heavy atom. The molecule has 0 spiro atoms. The highest BCUT2D eigenvalue weighted by Crippen LogP contribution is 3.02. The van der Waals surface area contributed by atoms with Gasteiger partial charge in [-0.2, -0.15) is 0 Å². The number of hydrogen-bond acceptors (Lipinski definition) is 1. The number of nitrogen functional groups attached to an aromatic ring is 1. The van der Waals surface area contributed by atoms with Crippen LogP contribution in [0.1, 0.15) is 0 Å². The van der Waals surface area contributed by atoms with Crippen molar-refractivity contribution in [1.29, 1.82) is 0 Å². The predicted octanol–water partition coefficient (Wildman–Crippen LogP) is 8.87. The van der Waals surface area contributed by atoms with E-state index in [2.05, 4.69) is 0 Å². The van der Waals surface area contributed by atoms with Gasteiger partial charge in [-0.3, -0.25) is 0 Å². The number of nitrogens with two attached hydrogens (primary N) is 1. The smallest absolute Gasteiger partial charge is 0.310 e. The zero-order chi connectivity index (χ0) is 20.8. The molecule has 0 saturated carbocycles. The molecule has 2 rings (SSSR count). The summed E-state index contributed by atoms with van der Waals surface area (Å²) in [7, 11) is -19.0. The number of benzene rings is 2. The van der Waals surface area contributed by atoms with Gasteiger partial charge in [0.25, 0.3) is 0 Å². The first-order valence-electron chi connectivity index (χ1n) is 6.07. The van der Waals surface area contributed by atoms with Gasteiger partial charge in [0.15, 0.2) is 0 Å². The molecule has 1 nitrogen and oxygen atoms in total. The zero-order valence-corrected chi connectivity index (χ0v) is 16.0. The Hall–Kier alpha value is -1.03. The lowest BCUT2D eigenvalue weighted by Gasteiger charge is -2.40. The average molecular weight is 549 g/mol. The molecule has 0 aliphatic heterocycles. The van der Waals surface area contributed by atoms with Crippen LogP contribution in [0.15, 0.2) is 58.3 Å². The lowest BCUT2D eigenvalue weighted by Crippen LogP contribution is -2.06. The third-order valence-electron chi connectivity index (χ3n) is 2.55. The molecular weight excluding hydrogens is 539 g/mol. The Balaban J connectivity index is 0.000000260. The van der Waals surface area contributed by atoms with Gasteiger partial charge in [-0.1, -0.05) is 51.0 Å². The largest absolute Gasteiger partial charge is 0.399 e. The van der Waals surface area contributed by atoms with Gasteiger partial charge in [0, 0.05) is 9.26 Å². The number of halogens is 11. The summed E-state index contributed by atoms with van der Waals surface area (Å²) >= 11 is 1.54. The average Bonchev–Trinajstić information content (AvgIpc) is 2.34. The van der Waals surface area contributed by atoms with Gasteiger partial charge >= 0.3 is 20.4 Å². The van der Waals surface area contributed by atoms with E-state index in [1.165, 1.54) is 6.07 Å². The Kier molecular flexibility index (Phi) is 4.67. The maximum atomic E-state index is 12.1. The second kappa shape index (κ2) is 5.27. The Bertz CT molecular complexity index is 760. The van der Waals surface area contributed by atoms with E-state index >= 15 is 0 Å². The van der Waals surface area contributed by atoms with Crippen LogP contribution in [0.4, 0.5) is 44.5 Å². The Morgan fingerprint density at radius 2 is 1.00 bits per heavy atom. The summed E-state index contributed by atoms with van der Waals surface area (Å²) in [5, 5.41) is 0. The van der Waals surface area contributed by atoms with Crippen LogP contribution < -0.4 is 5.73 Å². The molecule has 2 aromatic rings. The second-order valence-electron chi connectivity index (χ2n) is 4.97. The van der Waals surface area contributed by atoms with E-state index < -0.39 is 30.2 Å². The fourth-order valence-electron chi connectivity index (χ4n) is 1.46. The highest BCUT2D eigenvalue weighted by molar-refractivity contribution is 14.1. The van der Waals surface area contributed by atoms with Crippen molar-refractivity contribution in [2.75, 3.05) is 5.73 Å². The number of anilines is 1. The van der Waals surface area contributed by atoms with Crippen LogP contribution in [-0.4, -0.2) is 0 Å². The number of hydrogen-bond donors (Lipinski definition) is 1. The zero-order valence-electron chi connectivity index (χ0n) is 12.2. The van der Waals surface area contributed by atoms with Gasteiger partial charge in [-0.05, 0) is 59.0 Å². The number of rotatable bonds is 2. The highest BCUT2D eigenvalue weighted by atomic mass is 127. The van der Waals surface area contributed by atoms with Gasteiger partial charge in [0.1, 0.15) is 9.79 Å². The maximum Gasteiger partial charge on any atom is 0.310 e. The van der Waals surface area contributed by atoms with Gasteiger partial charge in [-0.15, -0.1) is 0 Å². The lowest BCUT2D eigenvalue weighted by molar-refractivity contribution is 0.360. The molecule has 0 aliphatic carbocycles. The molecule has 0 saturated heterocycles. The molecule has 0 heterocycles. The van der Waals surface area contributed by atoms with E-state index in [1.807, 2.05) is 0 Å². The molecule has 2 N–H and O–H groups in total. The van der Waals surface area contributed by atoms with Gasteiger partial charge < -0.3 is 5.73 Å². The summed E-state index contributed by atoms with van der Waals surface area (Å²) in [5.74, 6) is 0. The van der Waals surface area contributed by atoms with Gasteiger partial charge in [0.2, 0.25) is 0 Å². The van der Waals surface area contributed by atoms with Crippen LogP contribution >= 0.6 is 43.0 Å². The fourth-order valence-corrected chi connectivity index (χ4v) is 3.60. The highest BCUT2D eigenvalue weighted by Gasteiger charge is 2.66. The third kappa shape index (κ3) is 7.30. The monoisotopic (exact) mass is 549 g/mol. The molecule has 152 valence electrons. The SMILES string of the molecule is FS(F)(F)(F)(F)c1cccc(I)c1.Nc1cccc(S(F)(F)(F)(F)F)c1. The minimum atomic E-state index is -9.54. The summed E-state index contributed by atoms with van der Waals surface area (Å²) in [6.45, 7) is 0. The van der Waals surface area contributed by atoms with Crippen LogP contribution in [0, 0.1) is 3.57 Å². The molecule has 2 aromatic carbocycles. The Morgan fingerprint density at radius 3 is 1.27 bits per heavy atom. The van der Waals surface area contributed by atoms with Gasteiger partial charge in [-0.25, -0.2) is 0 Å². The van der Waals surface area contributed by atoms with Crippen LogP contribution in [0.3, 0.4) is 0 Å². The minimum Gasteiger partial charge on any atom is -0.399 e. The summed E-state index contributed by atoms with van der Waals surface area (Å²) < 4.78 is 121. The molecule has 0 atom stereocenters. The van der Waals surface area contributed by atoms with E-state index in [1.54, 1.807) is 22.6 Å². The predicted molar refractivity (Wildman–Crippen MR) is 92.8 cm³/mol. The van der Waals surface area contributed by atoms with Crippen molar-refractivity contribution in [2.45, 2.75) is 9.79 Å². The van der Waals surface area contributed by atoms with Crippen molar-refractivity contribution in [1.82, 2.24) is 0 Å². The molecule has 26 heavy (non-hydrogen) atoms. The van der Waals surface area contributed by atoms with E-state index in [0.717, 1.165) is 18.2 Å². The van der Waals surface area contributed by atoms with Crippen LogP contribution in [-0.2, 0) is 0 Å². The van der Waals surface area contributed by atoms with Crippen molar-refractivity contribution in [3.05, 3.63) is 52.1 Å². The molecule has 0 unspecified atom stereocenters. The van der Waals surface area contributed by atoms with Crippen molar-refractivity contribution in [3.8, 4) is 0 Å². The van der Waals surface area contributed by atoms with Crippen LogP contribution in [0.2, 0.25) is 0 Å². The second-order valence-corrected chi connectivity index (χ2v) is 11.0. The normalized spacial score (nSPS) is 17.7. The molecular formula is C12H10F10INS2. The first kappa shape index (κ1) is 23.0. The Labute approximate surface area is 155 Å². The molecule has 0 aromatic heterocycles. The molecule has 0 amide bonds. The first-order valence-corrected chi connectivity index (χ1v) is 11.1. The summed E-state index contributed by atoms with van der Waals surface area (Å²) in [5.41, 5.74) is 4.62. The standard InChI is InChI=1S/C6H4F5IS.C6H6F5NS/c2*7-13(8,9,10,11)6-3-1-2-5(12)4-6/h1-4H;1-4H,12H2. The van der Waals surface area contributed by atoms with Crippen LogP contribution in [0.25, 0.3) is 0 Å². The van der Waals surface area contributed by atoms with Crippen LogP contribution in [0.5, 0.6) is 0 Å². The van der Waals surface area contributed by atoms with E-state index in [-0.39, 0.29) is 15.3 Å². The lowest BCUT2D eigenvalue weighted by atomic mass is 10.3. The molecule has 14 heteroatoms. The maximum absolute atomic E-state index is 12.1. The molecule has 0 bridgehead atoms. The van der Waals surface area contributed by atoms with Crippen molar-refractivity contribution in [3.63, 3.8) is 0 Å². The van der Waals surface area contributed by atoms with Crippen molar-refractivity contribution in [2.24, 2.45) is 0 Å². The quantitative estimate of drug-likeness (QED) is 0.226. The molecule has 0 radical (unpaired) electrons. The van der Waals surface area contributed by atoms with Crippen molar-refractivity contribution < 1.29 is 38.9 Å². The first-order chi connectivity index (χ1) is 11.0. The van der Waals surface area contributed by atoms with Crippen molar-refractivity contribution >= 4 is 48.7 Å². The summed E-state index contributed by atoms with van der Waals surface area (Å²) in [6.07, 6.45) is 0. The summed E-state index contributed by atoms with van der Waals surface area (Å²) in [4.78, 5) is -3.80. The van der Waals surface area contributed by atoms with E-state index in [0.29, 0.717) is 18.2 Å². The van der Waals surface area contributed by atoms with Gasteiger partial charge in [0.05, 0.1) is 0 Å². The molecule has 0 aliphatic rings. The summed E-state index contributed by atoms with van der Waals surface area (Å²) in [6, 6.07) is 5.55. The van der Waals surface area contributed by atoms with E-state index in [9.17, 15) is 38.9 Å². The third-order valence-corrected chi connectivity index (χ3v) is 5.51.